The van der Waals surface area contributed by atoms with E-state index < -0.39 is 0 Å². The quantitative estimate of drug-likeness (QED) is 0.495. The number of benzene rings is 2. The molecule has 0 radical (unpaired) electrons. The standard InChI is InChI=1S/C20H21NO/c1-2-3-5-14-18-19(16-12-8-9-13-17(16)21-18)20(22)15-10-6-4-7-11-15/h4,6-13,21H,2-3,5,14H2,1H3. The predicted molar refractivity (Wildman–Crippen MR) is 91.4 cm³/mol. The summed E-state index contributed by atoms with van der Waals surface area (Å²) in [4.78, 5) is 16.4. The summed E-state index contributed by atoms with van der Waals surface area (Å²) in [6.45, 7) is 2.20. The summed E-state index contributed by atoms with van der Waals surface area (Å²) in [6, 6.07) is 17.6. The molecule has 0 unspecified atom stereocenters. The smallest absolute Gasteiger partial charge is 0.195 e. The Morgan fingerprint density at radius 1 is 0.955 bits per heavy atom. The molecular weight excluding hydrogens is 270 g/mol. The van der Waals surface area contributed by atoms with Crippen LogP contribution in [0.5, 0.6) is 0 Å². The first kappa shape index (κ1) is 14.6. The van der Waals surface area contributed by atoms with Crippen LogP contribution in [0.2, 0.25) is 0 Å². The van der Waals surface area contributed by atoms with Crippen molar-refractivity contribution in [2.45, 2.75) is 32.6 Å². The van der Waals surface area contributed by atoms with E-state index in [4.69, 9.17) is 0 Å². The first-order valence-corrected chi connectivity index (χ1v) is 8.00. The van der Waals surface area contributed by atoms with Crippen LogP contribution in [0.25, 0.3) is 10.9 Å². The SMILES string of the molecule is CCCCCc1[nH]c2ccccc2c1C(=O)c1ccccc1. The van der Waals surface area contributed by atoms with E-state index in [0.717, 1.165) is 40.6 Å². The van der Waals surface area contributed by atoms with Crippen molar-refractivity contribution >= 4 is 16.7 Å². The molecule has 1 aromatic heterocycles. The average molecular weight is 291 g/mol. The molecule has 0 saturated carbocycles. The number of aromatic nitrogens is 1. The van der Waals surface area contributed by atoms with Crippen molar-refractivity contribution in [2.75, 3.05) is 0 Å². The first-order valence-electron chi connectivity index (χ1n) is 8.00. The molecule has 2 heteroatoms. The van der Waals surface area contributed by atoms with E-state index in [0.29, 0.717) is 0 Å². The number of aryl methyl sites for hydroxylation is 1. The van der Waals surface area contributed by atoms with E-state index in [2.05, 4.69) is 11.9 Å². The number of carbonyl (C=O) groups excluding carboxylic acids is 1. The van der Waals surface area contributed by atoms with Crippen LogP contribution in [-0.2, 0) is 6.42 Å². The highest BCUT2D eigenvalue weighted by molar-refractivity contribution is 6.17. The zero-order valence-electron chi connectivity index (χ0n) is 12.9. The molecule has 0 aliphatic carbocycles. The molecule has 0 fully saturated rings. The van der Waals surface area contributed by atoms with Gasteiger partial charge in [-0.05, 0) is 18.9 Å². The van der Waals surface area contributed by atoms with Crippen LogP contribution in [0.1, 0.15) is 47.8 Å². The van der Waals surface area contributed by atoms with Crippen LogP contribution in [0.15, 0.2) is 54.6 Å². The summed E-state index contributed by atoms with van der Waals surface area (Å²) in [6.07, 6.45) is 4.41. The monoisotopic (exact) mass is 291 g/mol. The van der Waals surface area contributed by atoms with E-state index in [1.54, 1.807) is 0 Å². The van der Waals surface area contributed by atoms with Gasteiger partial charge < -0.3 is 4.98 Å². The number of para-hydroxylation sites is 1. The molecular formula is C20H21NO. The number of hydrogen-bond donors (Lipinski definition) is 1. The largest absolute Gasteiger partial charge is 0.358 e. The maximum absolute atomic E-state index is 13.0. The summed E-state index contributed by atoms with van der Waals surface area (Å²) in [7, 11) is 0. The maximum Gasteiger partial charge on any atom is 0.195 e. The Morgan fingerprint density at radius 2 is 1.68 bits per heavy atom. The van der Waals surface area contributed by atoms with Gasteiger partial charge >= 0.3 is 0 Å². The van der Waals surface area contributed by atoms with Gasteiger partial charge in [-0.25, -0.2) is 0 Å². The van der Waals surface area contributed by atoms with Gasteiger partial charge in [-0.3, -0.25) is 4.79 Å². The molecule has 1 N–H and O–H groups in total. The molecule has 0 saturated heterocycles. The zero-order chi connectivity index (χ0) is 15.4. The predicted octanol–water partition coefficient (Wildman–Crippen LogP) is 5.13. The van der Waals surface area contributed by atoms with Gasteiger partial charge in [0.2, 0.25) is 0 Å². The van der Waals surface area contributed by atoms with Gasteiger partial charge in [-0.1, -0.05) is 68.3 Å². The number of carbonyl (C=O) groups is 1. The van der Waals surface area contributed by atoms with Gasteiger partial charge in [0.25, 0.3) is 0 Å². The van der Waals surface area contributed by atoms with Gasteiger partial charge in [0.15, 0.2) is 5.78 Å². The number of rotatable bonds is 6. The summed E-state index contributed by atoms with van der Waals surface area (Å²) >= 11 is 0. The van der Waals surface area contributed by atoms with Crippen LogP contribution in [-0.4, -0.2) is 10.8 Å². The highest BCUT2D eigenvalue weighted by Gasteiger charge is 2.19. The van der Waals surface area contributed by atoms with Crippen molar-refractivity contribution in [1.82, 2.24) is 4.98 Å². The lowest BCUT2D eigenvalue weighted by Crippen LogP contribution is -2.04. The Kier molecular flexibility index (Phi) is 4.38. The third kappa shape index (κ3) is 2.82. The van der Waals surface area contributed by atoms with Crippen molar-refractivity contribution < 1.29 is 4.79 Å². The minimum absolute atomic E-state index is 0.115. The number of ketones is 1. The fourth-order valence-electron chi connectivity index (χ4n) is 2.93. The lowest BCUT2D eigenvalue weighted by Gasteiger charge is -2.04. The first-order chi connectivity index (χ1) is 10.8. The second-order valence-electron chi connectivity index (χ2n) is 5.68. The minimum Gasteiger partial charge on any atom is -0.358 e. The number of H-pyrrole nitrogens is 1. The van der Waals surface area contributed by atoms with Crippen molar-refractivity contribution in [2.24, 2.45) is 0 Å². The molecule has 3 aromatic rings. The second-order valence-corrected chi connectivity index (χ2v) is 5.68. The Morgan fingerprint density at radius 3 is 2.45 bits per heavy atom. The molecule has 0 spiro atoms. The van der Waals surface area contributed by atoms with Gasteiger partial charge in [0, 0.05) is 22.2 Å². The van der Waals surface area contributed by atoms with Gasteiger partial charge in [-0.2, -0.15) is 0 Å². The van der Waals surface area contributed by atoms with Gasteiger partial charge in [0.05, 0.1) is 5.56 Å². The summed E-state index contributed by atoms with van der Waals surface area (Å²) in [5.41, 5.74) is 3.72. The zero-order valence-corrected chi connectivity index (χ0v) is 12.9. The second kappa shape index (κ2) is 6.61. The van der Waals surface area contributed by atoms with E-state index >= 15 is 0 Å². The number of hydrogen-bond acceptors (Lipinski definition) is 1. The van der Waals surface area contributed by atoms with Crippen LogP contribution in [0.4, 0.5) is 0 Å². The number of aromatic amines is 1. The maximum atomic E-state index is 13.0. The van der Waals surface area contributed by atoms with Crippen molar-refractivity contribution in [1.29, 1.82) is 0 Å². The van der Waals surface area contributed by atoms with Crippen molar-refractivity contribution in [3.05, 3.63) is 71.4 Å². The summed E-state index contributed by atoms with van der Waals surface area (Å²) < 4.78 is 0. The van der Waals surface area contributed by atoms with Crippen molar-refractivity contribution in [3.63, 3.8) is 0 Å². The van der Waals surface area contributed by atoms with Gasteiger partial charge in [-0.15, -0.1) is 0 Å². The molecule has 2 nitrogen and oxygen atoms in total. The fourth-order valence-corrected chi connectivity index (χ4v) is 2.93. The Hall–Kier alpha value is -2.35. The number of fused-ring (bicyclic) bond motifs is 1. The molecule has 0 aliphatic rings. The molecule has 0 atom stereocenters. The van der Waals surface area contributed by atoms with E-state index in [9.17, 15) is 4.79 Å². The Bertz CT molecular complexity index is 771. The van der Waals surface area contributed by atoms with Gasteiger partial charge in [0.1, 0.15) is 0 Å². The van der Waals surface area contributed by atoms with E-state index in [-0.39, 0.29) is 5.78 Å². The van der Waals surface area contributed by atoms with Crippen LogP contribution >= 0.6 is 0 Å². The molecule has 112 valence electrons. The Labute approximate surface area is 131 Å². The lowest BCUT2D eigenvalue weighted by atomic mass is 9.98. The minimum atomic E-state index is 0.115. The number of unbranched alkanes of at least 4 members (excludes halogenated alkanes) is 2. The fraction of sp³-hybridized carbons (Fsp3) is 0.250. The van der Waals surface area contributed by atoms with E-state index in [1.807, 2.05) is 54.6 Å². The number of nitrogens with one attached hydrogen (secondary N) is 1. The van der Waals surface area contributed by atoms with E-state index in [1.165, 1.54) is 12.8 Å². The Balaban J connectivity index is 2.05. The normalized spacial score (nSPS) is 11.0. The lowest BCUT2D eigenvalue weighted by molar-refractivity contribution is 0.103. The highest BCUT2D eigenvalue weighted by atomic mass is 16.1. The van der Waals surface area contributed by atoms with Crippen molar-refractivity contribution in [3.8, 4) is 0 Å². The molecule has 1 heterocycles. The molecule has 0 amide bonds. The van der Waals surface area contributed by atoms with Crippen LogP contribution in [0.3, 0.4) is 0 Å². The summed E-state index contributed by atoms with van der Waals surface area (Å²) in [5, 5.41) is 1.03. The topological polar surface area (TPSA) is 32.9 Å². The van der Waals surface area contributed by atoms with Crippen LogP contribution in [0, 0.1) is 0 Å². The molecule has 2 aromatic carbocycles. The third-order valence-electron chi connectivity index (χ3n) is 4.08. The molecule has 0 aliphatic heterocycles. The average Bonchev–Trinajstić information content (AvgIpc) is 2.93. The van der Waals surface area contributed by atoms with Crippen LogP contribution < -0.4 is 0 Å². The molecule has 22 heavy (non-hydrogen) atoms. The molecule has 3 rings (SSSR count). The summed E-state index contributed by atoms with van der Waals surface area (Å²) in [5.74, 6) is 0.115. The highest BCUT2D eigenvalue weighted by Crippen LogP contribution is 2.26. The molecule has 0 bridgehead atoms. The third-order valence-corrected chi connectivity index (χ3v) is 4.08.